The van der Waals surface area contributed by atoms with Crippen molar-refractivity contribution in [2.75, 3.05) is 5.75 Å². The lowest BCUT2D eigenvalue weighted by atomic mass is 10.1. The van der Waals surface area contributed by atoms with Crippen molar-refractivity contribution in [3.63, 3.8) is 0 Å². The second-order valence-electron chi connectivity index (χ2n) is 3.40. The molecule has 1 aliphatic rings. The van der Waals surface area contributed by atoms with E-state index in [4.69, 9.17) is 5.73 Å². The van der Waals surface area contributed by atoms with Gasteiger partial charge in [0.05, 0.1) is 10.6 Å². The van der Waals surface area contributed by atoms with E-state index in [1.54, 1.807) is 18.2 Å². The van der Waals surface area contributed by atoms with Crippen molar-refractivity contribution in [1.29, 1.82) is 0 Å². The Hall–Kier alpha value is -0.390. The normalized spacial score (nSPS) is 24.3. The largest absolute Gasteiger partial charge is 0.324 e. The van der Waals surface area contributed by atoms with Gasteiger partial charge in [-0.25, -0.2) is 8.42 Å². The number of benzene rings is 1. The predicted molar refractivity (Wildman–Crippen MR) is 57.7 cm³/mol. The summed E-state index contributed by atoms with van der Waals surface area (Å²) in [5, 5.41) is 0. The van der Waals surface area contributed by atoms with Crippen molar-refractivity contribution in [3.05, 3.63) is 28.2 Å². The van der Waals surface area contributed by atoms with Gasteiger partial charge in [0, 0.05) is 10.5 Å². The fourth-order valence-corrected chi connectivity index (χ4v) is 3.65. The van der Waals surface area contributed by atoms with Gasteiger partial charge in [0.25, 0.3) is 0 Å². The van der Waals surface area contributed by atoms with Crippen molar-refractivity contribution in [2.24, 2.45) is 5.73 Å². The summed E-state index contributed by atoms with van der Waals surface area (Å²) < 4.78 is 24.2. The van der Waals surface area contributed by atoms with E-state index in [-0.39, 0.29) is 11.8 Å². The molecule has 2 N–H and O–H groups in total. The molecule has 2 rings (SSSR count). The van der Waals surface area contributed by atoms with Crippen LogP contribution in [0.4, 0.5) is 0 Å². The molecule has 0 fully saturated rings. The monoisotopic (exact) mass is 275 g/mol. The van der Waals surface area contributed by atoms with E-state index in [0.29, 0.717) is 11.3 Å². The lowest BCUT2D eigenvalue weighted by Gasteiger charge is -2.22. The predicted octanol–water partition coefficient (Wildman–Crippen LogP) is 1.63. The summed E-state index contributed by atoms with van der Waals surface area (Å²) in [7, 11) is -3.09. The standard InChI is InChI=1S/C9H10BrNO2S/c10-6-1-2-9-7(5-6)8(11)3-4-14(9,12)13/h1-2,5,8H,3-4,11H2/t8-/m1/s1. The molecule has 76 valence electrons. The minimum atomic E-state index is -3.09. The molecule has 1 aromatic rings. The molecule has 1 heterocycles. The number of halogens is 1. The summed E-state index contributed by atoms with van der Waals surface area (Å²) in [6.45, 7) is 0. The van der Waals surface area contributed by atoms with Crippen molar-refractivity contribution in [3.8, 4) is 0 Å². The molecule has 1 aliphatic heterocycles. The van der Waals surface area contributed by atoms with E-state index in [2.05, 4.69) is 15.9 Å². The maximum Gasteiger partial charge on any atom is 0.178 e. The van der Waals surface area contributed by atoms with E-state index >= 15 is 0 Å². The van der Waals surface area contributed by atoms with Crippen LogP contribution in [-0.2, 0) is 9.84 Å². The molecule has 0 aromatic heterocycles. The molecule has 5 heteroatoms. The summed E-state index contributed by atoms with van der Waals surface area (Å²) in [4.78, 5) is 0.388. The SMILES string of the molecule is N[C@@H]1CCS(=O)(=O)c2ccc(Br)cc21. The van der Waals surface area contributed by atoms with Crippen LogP contribution in [0.25, 0.3) is 0 Å². The Balaban J connectivity index is 2.69. The van der Waals surface area contributed by atoms with Gasteiger partial charge in [-0.1, -0.05) is 15.9 Å². The van der Waals surface area contributed by atoms with Gasteiger partial charge in [-0.15, -0.1) is 0 Å². The Morgan fingerprint density at radius 1 is 1.43 bits per heavy atom. The third kappa shape index (κ3) is 1.60. The second kappa shape index (κ2) is 3.32. The Morgan fingerprint density at radius 2 is 2.14 bits per heavy atom. The van der Waals surface area contributed by atoms with Gasteiger partial charge in [-0.05, 0) is 30.2 Å². The highest BCUT2D eigenvalue weighted by molar-refractivity contribution is 9.10. The molecule has 3 nitrogen and oxygen atoms in total. The van der Waals surface area contributed by atoms with Crippen LogP contribution < -0.4 is 5.73 Å². The summed E-state index contributed by atoms with van der Waals surface area (Å²) in [5.41, 5.74) is 6.58. The molecule has 0 spiro atoms. The fourth-order valence-electron chi connectivity index (χ4n) is 1.64. The van der Waals surface area contributed by atoms with Crippen LogP contribution in [0.1, 0.15) is 18.0 Å². The van der Waals surface area contributed by atoms with E-state index in [9.17, 15) is 8.42 Å². The van der Waals surface area contributed by atoms with Crippen molar-refractivity contribution < 1.29 is 8.42 Å². The molecule has 0 aliphatic carbocycles. The van der Waals surface area contributed by atoms with Gasteiger partial charge in [-0.2, -0.15) is 0 Å². The zero-order chi connectivity index (χ0) is 10.3. The van der Waals surface area contributed by atoms with Crippen LogP contribution in [0.15, 0.2) is 27.6 Å². The molecule has 0 amide bonds. The van der Waals surface area contributed by atoms with Crippen LogP contribution in [0.5, 0.6) is 0 Å². The van der Waals surface area contributed by atoms with Crippen LogP contribution in [-0.4, -0.2) is 14.2 Å². The smallest absolute Gasteiger partial charge is 0.178 e. The molecule has 14 heavy (non-hydrogen) atoms. The first-order chi connectivity index (χ1) is 6.50. The lowest BCUT2D eigenvalue weighted by Crippen LogP contribution is -2.24. The molecular formula is C9H10BrNO2S. The zero-order valence-corrected chi connectivity index (χ0v) is 9.81. The maximum atomic E-state index is 11.7. The van der Waals surface area contributed by atoms with Gasteiger partial charge in [0.15, 0.2) is 9.84 Å². The van der Waals surface area contributed by atoms with Crippen LogP contribution in [0.2, 0.25) is 0 Å². The molecule has 1 atom stereocenters. The average molecular weight is 276 g/mol. The molecule has 0 bridgehead atoms. The molecule has 0 saturated carbocycles. The minimum absolute atomic E-state index is 0.156. The lowest BCUT2D eigenvalue weighted by molar-refractivity contribution is 0.568. The number of hydrogen-bond acceptors (Lipinski definition) is 3. The van der Waals surface area contributed by atoms with Gasteiger partial charge < -0.3 is 5.73 Å². The van der Waals surface area contributed by atoms with Crippen LogP contribution in [0, 0.1) is 0 Å². The van der Waals surface area contributed by atoms with Crippen molar-refractivity contribution in [1.82, 2.24) is 0 Å². The van der Waals surface area contributed by atoms with E-state index < -0.39 is 9.84 Å². The minimum Gasteiger partial charge on any atom is -0.324 e. The summed E-state index contributed by atoms with van der Waals surface area (Å²) in [6, 6.07) is 4.98. The van der Waals surface area contributed by atoms with Gasteiger partial charge >= 0.3 is 0 Å². The summed E-state index contributed by atoms with van der Waals surface area (Å²) in [5.74, 6) is 0.156. The third-order valence-corrected chi connectivity index (χ3v) is 4.71. The van der Waals surface area contributed by atoms with Crippen LogP contribution >= 0.6 is 15.9 Å². The highest BCUT2D eigenvalue weighted by Crippen LogP contribution is 2.32. The Morgan fingerprint density at radius 3 is 2.86 bits per heavy atom. The Bertz CT molecular complexity index is 470. The van der Waals surface area contributed by atoms with E-state index in [1.807, 2.05) is 0 Å². The van der Waals surface area contributed by atoms with Crippen molar-refractivity contribution >= 4 is 25.8 Å². The number of sulfone groups is 1. The van der Waals surface area contributed by atoms with Gasteiger partial charge in [0.1, 0.15) is 0 Å². The summed E-state index contributed by atoms with van der Waals surface area (Å²) in [6.07, 6.45) is 0.506. The molecule has 0 radical (unpaired) electrons. The van der Waals surface area contributed by atoms with Crippen molar-refractivity contribution in [2.45, 2.75) is 17.4 Å². The first kappa shape index (κ1) is 10.1. The second-order valence-corrected chi connectivity index (χ2v) is 6.39. The molecule has 1 aromatic carbocycles. The Kier molecular flexibility index (Phi) is 2.41. The first-order valence-corrected chi connectivity index (χ1v) is 6.73. The first-order valence-electron chi connectivity index (χ1n) is 4.28. The maximum absolute atomic E-state index is 11.7. The molecular weight excluding hydrogens is 266 g/mol. The Labute approximate surface area is 91.4 Å². The average Bonchev–Trinajstić information content (AvgIpc) is 2.12. The summed E-state index contributed by atoms with van der Waals surface area (Å²) >= 11 is 3.31. The third-order valence-electron chi connectivity index (χ3n) is 2.40. The van der Waals surface area contributed by atoms with Gasteiger partial charge in [0.2, 0.25) is 0 Å². The highest BCUT2D eigenvalue weighted by Gasteiger charge is 2.28. The highest BCUT2D eigenvalue weighted by atomic mass is 79.9. The fraction of sp³-hybridized carbons (Fsp3) is 0.333. The van der Waals surface area contributed by atoms with Gasteiger partial charge in [-0.3, -0.25) is 0 Å². The van der Waals surface area contributed by atoms with Crippen LogP contribution in [0.3, 0.4) is 0 Å². The number of hydrogen-bond donors (Lipinski definition) is 1. The molecule has 0 unspecified atom stereocenters. The number of fused-ring (bicyclic) bond motifs is 1. The number of rotatable bonds is 0. The topological polar surface area (TPSA) is 60.2 Å². The quantitative estimate of drug-likeness (QED) is 0.783. The van der Waals surface area contributed by atoms with E-state index in [0.717, 1.165) is 10.0 Å². The van der Waals surface area contributed by atoms with E-state index in [1.165, 1.54) is 0 Å². The zero-order valence-electron chi connectivity index (χ0n) is 7.40. The molecule has 0 saturated heterocycles. The number of nitrogens with two attached hydrogens (primary N) is 1.